The summed E-state index contributed by atoms with van der Waals surface area (Å²) in [5, 5.41) is 2.64. The van der Waals surface area contributed by atoms with Crippen LogP contribution < -0.4 is 5.73 Å². The molecule has 0 aromatic heterocycles. The minimum Gasteiger partial charge on any atom is -0.321 e. The summed E-state index contributed by atoms with van der Waals surface area (Å²) in [6.45, 7) is 2.28. The molecule has 2 aromatic rings. The van der Waals surface area contributed by atoms with E-state index in [2.05, 4.69) is 49.4 Å². The van der Waals surface area contributed by atoms with Gasteiger partial charge in [0, 0.05) is 5.54 Å². The monoisotopic (exact) mass is 239 g/mol. The molecule has 0 radical (unpaired) electrons. The van der Waals surface area contributed by atoms with E-state index in [1.807, 2.05) is 0 Å². The van der Waals surface area contributed by atoms with Crippen molar-refractivity contribution < 1.29 is 0 Å². The SMILES string of the molecule is CCC1CCC(N)(c2cccc3ccccc23)C1. The van der Waals surface area contributed by atoms with Crippen LogP contribution in [0.1, 0.15) is 38.2 Å². The van der Waals surface area contributed by atoms with Gasteiger partial charge >= 0.3 is 0 Å². The highest BCUT2D eigenvalue weighted by Gasteiger charge is 2.37. The average molecular weight is 239 g/mol. The predicted octanol–water partition coefficient (Wildman–Crippen LogP) is 4.20. The molecule has 1 saturated carbocycles. The Morgan fingerprint density at radius 2 is 1.94 bits per heavy atom. The summed E-state index contributed by atoms with van der Waals surface area (Å²) in [6, 6.07) is 15.1. The summed E-state index contributed by atoms with van der Waals surface area (Å²) >= 11 is 0. The number of rotatable bonds is 2. The molecule has 1 fully saturated rings. The third kappa shape index (κ3) is 1.83. The largest absolute Gasteiger partial charge is 0.321 e. The predicted molar refractivity (Wildman–Crippen MR) is 77.4 cm³/mol. The Bertz CT molecular complexity index is 555. The van der Waals surface area contributed by atoms with E-state index < -0.39 is 0 Å². The van der Waals surface area contributed by atoms with Crippen LogP contribution >= 0.6 is 0 Å². The quantitative estimate of drug-likeness (QED) is 0.835. The van der Waals surface area contributed by atoms with Gasteiger partial charge in [0.2, 0.25) is 0 Å². The third-order valence-corrected chi connectivity index (χ3v) is 4.56. The second kappa shape index (κ2) is 4.40. The molecule has 1 aliphatic rings. The normalized spacial score (nSPS) is 27.8. The van der Waals surface area contributed by atoms with Crippen LogP contribution in [0.4, 0.5) is 0 Å². The Labute approximate surface area is 109 Å². The van der Waals surface area contributed by atoms with E-state index in [-0.39, 0.29) is 5.54 Å². The second-order valence-electron chi connectivity index (χ2n) is 5.70. The lowest BCUT2D eigenvalue weighted by molar-refractivity contribution is 0.427. The molecule has 0 bridgehead atoms. The van der Waals surface area contributed by atoms with Gasteiger partial charge in [-0.05, 0) is 41.5 Å². The van der Waals surface area contributed by atoms with E-state index >= 15 is 0 Å². The van der Waals surface area contributed by atoms with E-state index in [0.717, 1.165) is 18.8 Å². The van der Waals surface area contributed by atoms with Crippen molar-refractivity contribution in [1.82, 2.24) is 0 Å². The summed E-state index contributed by atoms with van der Waals surface area (Å²) in [6.07, 6.45) is 4.79. The fourth-order valence-electron chi connectivity index (χ4n) is 3.43. The first-order chi connectivity index (χ1) is 8.73. The minimum absolute atomic E-state index is 0.110. The summed E-state index contributed by atoms with van der Waals surface area (Å²) in [7, 11) is 0. The minimum atomic E-state index is -0.110. The first-order valence-corrected chi connectivity index (χ1v) is 7.00. The molecule has 3 rings (SSSR count). The third-order valence-electron chi connectivity index (χ3n) is 4.56. The van der Waals surface area contributed by atoms with Gasteiger partial charge < -0.3 is 5.73 Å². The topological polar surface area (TPSA) is 26.0 Å². The van der Waals surface area contributed by atoms with Gasteiger partial charge in [-0.25, -0.2) is 0 Å². The molecular weight excluding hydrogens is 218 g/mol. The van der Waals surface area contributed by atoms with Gasteiger partial charge in [0.05, 0.1) is 0 Å². The first kappa shape index (κ1) is 11.7. The zero-order chi connectivity index (χ0) is 12.6. The Kier molecular flexibility index (Phi) is 2.87. The second-order valence-corrected chi connectivity index (χ2v) is 5.70. The van der Waals surface area contributed by atoms with Crippen molar-refractivity contribution in [2.75, 3.05) is 0 Å². The van der Waals surface area contributed by atoms with Crippen molar-refractivity contribution in [2.24, 2.45) is 11.7 Å². The van der Waals surface area contributed by atoms with Crippen molar-refractivity contribution in [2.45, 2.75) is 38.1 Å². The first-order valence-electron chi connectivity index (χ1n) is 7.00. The van der Waals surface area contributed by atoms with Crippen LogP contribution in [0.2, 0.25) is 0 Å². The maximum Gasteiger partial charge on any atom is 0.0418 e. The van der Waals surface area contributed by atoms with Crippen LogP contribution in [0.3, 0.4) is 0 Å². The van der Waals surface area contributed by atoms with Gasteiger partial charge in [-0.15, -0.1) is 0 Å². The highest BCUT2D eigenvalue weighted by Crippen LogP contribution is 2.43. The summed E-state index contributed by atoms with van der Waals surface area (Å²) in [5.74, 6) is 0.800. The molecule has 0 aliphatic heterocycles. The van der Waals surface area contributed by atoms with Crippen molar-refractivity contribution in [3.63, 3.8) is 0 Å². The lowest BCUT2D eigenvalue weighted by atomic mass is 9.85. The zero-order valence-corrected chi connectivity index (χ0v) is 11.0. The number of nitrogens with two attached hydrogens (primary N) is 1. The van der Waals surface area contributed by atoms with E-state index in [1.54, 1.807) is 0 Å². The van der Waals surface area contributed by atoms with Gasteiger partial charge in [-0.1, -0.05) is 55.8 Å². The van der Waals surface area contributed by atoms with Gasteiger partial charge in [-0.3, -0.25) is 0 Å². The van der Waals surface area contributed by atoms with Crippen LogP contribution in [0.15, 0.2) is 42.5 Å². The van der Waals surface area contributed by atoms with Crippen LogP contribution in [-0.4, -0.2) is 0 Å². The van der Waals surface area contributed by atoms with Gasteiger partial charge in [0.15, 0.2) is 0 Å². The van der Waals surface area contributed by atoms with Crippen LogP contribution in [0, 0.1) is 5.92 Å². The number of hydrogen-bond acceptors (Lipinski definition) is 1. The van der Waals surface area contributed by atoms with E-state index in [1.165, 1.54) is 29.2 Å². The molecule has 18 heavy (non-hydrogen) atoms. The van der Waals surface area contributed by atoms with Crippen LogP contribution in [0.25, 0.3) is 10.8 Å². The molecule has 0 saturated heterocycles. The number of fused-ring (bicyclic) bond motifs is 1. The van der Waals surface area contributed by atoms with Gasteiger partial charge in [-0.2, -0.15) is 0 Å². The van der Waals surface area contributed by atoms with Crippen molar-refractivity contribution in [3.05, 3.63) is 48.0 Å². The highest BCUT2D eigenvalue weighted by molar-refractivity contribution is 5.86. The van der Waals surface area contributed by atoms with Crippen molar-refractivity contribution >= 4 is 10.8 Å². The lowest BCUT2D eigenvalue weighted by Gasteiger charge is -2.26. The number of benzene rings is 2. The lowest BCUT2D eigenvalue weighted by Crippen LogP contribution is -2.33. The molecule has 2 aromatic carbocycles. The van der Waals surface area contributed by atoms with E-state index in [4.69, 9.17) is 5.73 Å². The summed E-state index contributed by atoms with van der Waals surface area (Å²) in [5.41, 5.74) is 7.95. The van der Waals surface area contributed by atoms with E-state index in [9.17, 15) is 0 Å². The molecule has 0 amide bonds. The fourth-order valence-corrected chi connectivity index (χ4v) is 3.43. The zero-order valence-electron chi connectivity index (χ0n) is 11.0. The Morgan fingerprint density at radius 1 is 1.17 bits per heavy atom. The molecule has 2 atom stereocenters. The van der Waals surface area contributed by atoms with Gasteiger partial charge in [0.1, 0.15) is 0 Å². The molecular formula is C17H21N. The van der Waals surface area contributed by atoms with Crippen molar-refractivity contribution in [3.8, 4) is 0 Å². The average Bonchev–Trinajstić information content (AvgIpc) is 2.81. The van der Waals surface area contributed by atoms with Crippen LogP contribution in [0.5, 0.6) is 0 Å². The Balaban J connectivity index is 2.09. The molecule has 0 spiro atoms. The molecule has 2 unspecified atom stereocenters. The maximum atomic E-state index is 6.71. The Hall–Kier alpha value is -1.34. The maximum absolute atomic E-state index is 6.71. The smallest absolute Gasteiger partial charge is 0.0418 e. The molecule has 2 N–H and O–H groups in total. The molecule has 1 aliphatic carbocycles. The van der Waals surface area contributed by atoms with Gasteiger partial charge in [0.25, 0.3) is 0 Å². The summed E-state index contributed by atoms with van der Waals surface area (Å²) < 4.78 is 0. The Morgan fingerprint density at radius 3 is 2.72 bits per heavy atom. The van der Waals surface area contributed by atoms with Crippen LogP contribution in [-0.2, 0) is 5.54 Å². The highest BCUT2D eigenvalue weighted by atomic mass is 14.8. The molecule has 94 valence electrons. The van der Waals surface area contributed by atoms with E-state index in [0.29, 0.717) is 0 Å². The molecule has 1 heteroatoms. The number of hydrogen-bond donors (Lipinski definition) is 1. The molecule has 0 heterocycles. The standard InChI is InChI=1S/C17H21N/c1-2-13-10-11-17(18,12-13)16-9-5-7-14-6-3-4-8-15(14)16/h3-9,13H,2,10-12,18H2,1H3. The van der Waals surface area contributed by atoms with Crippen molar-refractivity contribution in [1.29, 1.82) is 0 Å². The summed E-state index contributed by atoms with van der Waals surface area (Å²) in [4.78, 5) is 0. The molecule has 1 nitrogen and oxygen atoms in total. The fraction of sp³-hybridized carbons (Fsp3) is 0.412.